The van der Waals surface area contributed by atoms with Crippen molar-refractivity contribution in [1.29, 1.82) is 0 Å². The number of allylic oxidation sites excluding steroid dienone is 1. The molecule has 3 heteroatoms. The molecular formula is C13H21ClN2. The summed E-state index contributed by atoms with van der Waals surface area (Å²) < 4.78 is 0. The highest BCUT2D eigenvalue weighted by molar-refractivity contribution is 5.85. The molecule has 0 atom stereocenters. The van der Waals surface area contributed by atoms with E-state index in [0.29, 0.717) is 6.04 Å². The van der Waals surface area contributed by atoms with Crippen molar-refractivity contribution in [2.75, 3.05) is 5.32 Å². The molecule has 0 spiro atoms. The number of nitrogens with one attached hydrogen (secondary N) is 2. The van der Waals surface area contributed by atoms with E-state index in [1.54, 1.807) is 0 Å². The van der Waals surface area contributed by atoms with Gasteiger partial charge in [-0.2, -0.15) is 0 Å². The minimum absolute atomic E-state index is 0. The lowest BCUT2D eigenvalue weighted by Gasteiger charge is -2.18. The molecule has 90 valence electrons. The monoisotopic (exact) mass is 240 g/mol. The summed E-state index contributed by atoms with van der Waals surface area (Å²) in [5, 5.41) is 6.77. The summed E-state index contributed by atoms with van der Waals surface area (Å²) in [6, 6.07) is 10.6. The topological polar surface area (TPSA) is 24.1 Å². The van der Waals surface area contributed by atoms with Crippen molar-refractivity contribution < 1.29 is 0 Å². The molecule has 2 N–H and O–H groups in total. The molecule has 0 aromatic heterocycles. The molecule has 1 rings (SSSR count). The van der Waals surface area contributed by atoms with E-state index in [1.165, 1.54) is 5.57 Å². The first-order valence-corrected chi connectivity index (χ1v) is 5.35. The summed E-state index contributed by atoms with van der Waals surface area (Å²) in [5.41, 5.74) is 2.37. The number of halogens is 1. The first kappa shape index (κ1) is 14.8. The molecule has 1 aromatic carbocycles. The molecule has 2 nitrogen and oxygen atoms in total. The fourth-order valence-corrected chi connectivity index (χ4v) is 1.26. The van der Waals surface area contributed by atoms with Gasteiger partial charge in [0.2, 0.25) is 0 Å². The lowest BCUT2D eigenvalue weighted by Crippen LogP contribution is -2.27. The zero-order chi connectivity index (χ0) is 11.3. The first-order valence-electron chi connectivity index (χ1n) is 5.35. The second kappa shape index (κ2) is 7.18. The SMILES string of the molecule is CC(C)=C(Nc1ccccc1)NC(C)C.Cl. The van der Waals surface area contributed by atoms with Crippen LogP contribution in [0.5, 0.6) is 0 Å². The van der Waals surface area contributed by atoms with Crippen LogP contribution in [0.15, 0.2) is 41.7 Å². The third kappa shape index (κ3) is 5.08. The van der Waals surface area contributed by atoms with Crippen molar-refractivity contribution in [1.82, 2.24) is 5.32 Å². The van der Waals surface area contributed by atoms with Gasteiger partial charge in [0.1, 0.15) is 5.82 Å². The van der Waals surface area contributed by atoms with Crippen molar-refractivity contribution in [2.24, 2.45) is 0 Å². The Morgan fingerprint density at radius 2 is 1.62 bits per heavy atom. The van der Waals surface area contributed by atoms with Crippen molar-refractivity contribution in [2.45, 2.75) is 33.7 Å². The Hall–Kier alpha value is -1.15. The van der Waals surface area contributed by atoms with Gasteiger partial charge in [0, 0.05) is 11.7 Å². The zero-order valence-electron chi connectivity index (χ0n) is 10.4. The zero-order valence-corrected chi connectivity index (χ0v) is 11.2. The maximum Gasteiger partial charge on any atom is 0.102 e. The molecule has 0 radical (unpaired) electrons. The highest BCUT2D eigenvalue weighted by Crippen LogP contribution is 2.10. The fraction of sp³-hybridized carbons (Fsp3) is 0.385. The van der Waals surface area contributed by atoms with Crippen LogP contribution in [0.1, 0.15) is 27.7 Å². The number of benzene rings is 1. The Kier molecular flexibility index (Phi) is 6.66. The molecular weight excluding hydrogens is 220 g/mol. The number of hydrogen-bond donors (Lipinski definition) is 2. The van der Waals surface area contributed by atoms with Crippen LogP contribution in [0.3, 0.4) is 0 Å². The summed E-state index contributed by atoms with van der Waals surface area (Å²) in [6.45, 7) is 8.46. The standard InChI is InChI=1S/C13H20N2.ClH/c1-10(2)13(14-11(3)4)15-12-8-6-5-7-9-12;/h5-9,11,14-15H,1-4H3;1H. The predicted octanol–water partition coefficient (Wildman–Crippen LogP) is 3.77. The molecule has 0 bridgehead atoms. The van der Waals surface area contributed by atoms with Gasteiger partial charge in [-0.3, -0.25) is 0 Å². The second-order valence-electron chi connectivity index (χ2n) is 4.17. The third-order valence-corrected chi connectivity index (χ3v) is 1.98. The smallest absolute Gasteiger partial charge is 0.102 e. The normalized spacial score (nSPS) is 9.31. The second-order valence-corrected chi connectivity index (χ2v) is 4.17. The minimum atomic E-state index is 0. The summed E-state index contributed by atoms with van der Waals surface area (Å²) in [5.74, 6) is 1.09. The van der Waals surface area contributed by atoms with E-state index in [0.717, 1.165) is 11.5 Å². The molecule has 0 amide bonds. The Morgan fingerprint density at radius 1 is 1.06 bits per heavy atom. The highest BCUT2D eigenvalue weighted by atomic mass is 35.5. The van der Waals surface area contributed by atoms with Crippen LogP contribution in [0.25, 0.3) is 0 Å². The van der Waals surface area contributed by atoms with Crippen molar-refractivity contribution in [3.63, 3.8) is 0 Å². The lowest BCUT2D eigenvalue weighted by molar-refractivity contribution is 0.666. The van der Waals surface area contributed by atoms with Gasteiger partial charge in [0.05, 0.1) is 0 Å². The average molecular weight is 241 g/mol. The van der Waals surface area contributed by atoms with Crippen molar-refractivity contribution in [3.05, 3.63) is 41.7 Å². The van der Waals surface area contributed by atoms with E-state index in [2.05, 4.69) is 50.5 Å². The van der Waals surface area contributed by atoms with Crippen LogP contribution in [0.4, 0.5) is 5.69 Å². The van der Waals surface area contributed by atoms with E-state index < -0.39 is 0 Å². The summed E-state index contributed by atoms with van der Waals surface area (Å²) in [6.07, 6.45) is 0. The van der Waals surface area contributed by atoms with E-state index in [4.69, 9.17) is 0 Å². The Bertz CT molecular complexity index is 327. The number of anilines is 1. The number of hydrogen-bond acceptors (Lipinski definition) is 2. The predicted molar refractivity (Wildman–Crippen MR) is 74.0 cm³/mol. The summed E-state index contributed by atoms with van der Waals surface area (Å²) in [7, 11) is 0. The van der Waals surface area contributed by atoms with Crippen LogP contribution in [-0.2, 0) is 0 Å². The molecule has 0 fully saturated rings. The first-order chi connectivity index (χ1) is 7.09. The molecule has 0 saturated carbocycles. The third-order valence-electron chi connectivity index (χ3n) is 1.98. The van der Waals surface area contributed by atoms with Gasteiger partial charge in [-0.05, 0) is 45.4 Å². The number of para-hydroxylation sites is 1. The molecule has 0 unspecified atom stereocenters. The maximum atomic E-state index is 3.40. The highest BCUT2D eigenvalue weighted by Gasteiger charge is 2.01. The minimum Gasteiger partial charge on any atom is -0.370 e. The van der Waals surface area contributed by atoms with E-state index >= 15 is 0 Å². The quantitative estimate of drug-likeness (QED) is 0.837. The Labute approximate surface area is 105 Å². The van der Waals surface area contributed by atoms with Crippen molar-refractivity contribution >= 4 is 18.1 Å². The van der Waals surface area contributed by atoms with Gasteiger partial charge in [-0.1, -0.05) is 18.2 Å². The largest absolute Gasteiger partial charge is 0.370 e. The average Bonchev–Trinajstić information content (AvgIpc) is 2.17. The summed E-state index contributed by atoms with van der Waals surface area (Å²) in [4.78, 5) is 0. The molecule has 16 heavy (non-hydrogen) atoms. The van der Waals surface area contributed by atoms with Gasteiger partial charge in [0.15, 0.2) is 0 Å². The molecule has 0 aliphatic carbocycles. The van der Waals surface area contributed by atoms with Gasteiger partial charge >= 0.3 is 0 Å². The molecule has 0 aliphatic heterocycles. The summed E-state index contributed by atoms with van der Waals surface area (Å²) >= 11 is 0. The van der Waals surface area contributed by atoms with Gasteiger partial charge in [0.25, 0.3) is 0 Å². The molecule has 0 saturated heterocycles. The van der Waals surface area contributed by atoms with Crippen LogP contribution in [0, 0.1) is 0 Å². The van der Waals surface area contributed by atoms with Crippen LogP contribution in [0.2, 0.25) is 0 Å². The number of rotatable bonds is 4. The molecule has 0 heterocycles. The van der Waals surface area contributed by atoms with E-state index in [9.17, 15) is 0 Å². The lowest BCUT2D eigenvalue weighted by atomic mass is 10.2. The van der Waals surface area contributed by atoms with Crippen LogP contribution in [-0.4, -0.2) is 6.04 Å². The van der Waals surface area contributed by atoms with Crippen LogP contribution < -0.4 is 10.6 Å². The molecule has 0 aliphatic rings. The van der Waals surface area contributed by atoms with Gasteiger partial charge < -0.3 is 10.6 Å². The molecule has 1 aromatic rings. The van der Waals surface area contributed by atoms with E-state index in [-0.39, 0.29) is 12.4 Å². The maximum absolute atomic E-state index is 3.40. The fourth-order valence-electron chi connectivity index (χ4n) is 1.26. The van der Waals surface area contributed by atoms with Crippen LogP contribution >= 0.6 is 12.4 Å². The van der Waals surface area contributed by atoms with Crippen molar-refractivity contribution in [3.8, 4) is 0 Å². The van der Waals surface area contributed by atoms with Gasteiger partial charge in [-0.15, -0.1) is 12.4 Å². The van der Waals surface area contributed by atoms with Gasteiger partial charge in [-0.25, -0.2) is 0 Å². The Morgan fingerprint density at radius 3 is 2.06 bits per heavy atom. The Balaban J connectivity index is 0.00000225. The van der Waals surface area contributed by atoms with E-state index in [1.807, 2.05) is 18.2 Å².